The second kappa shape index (κ2) is 11.5. The van der Waals surface area contributed by atoms with Gasteiger partial charge in [0.1, 0.15) is 12.4 Å². The number of anilines is 1. The van der Waals surface area contributed by atoms with Crippen LogP contribution in [0, 0.1) is 5.82 Å². The molecule has 0 radical (unpaired) electrons. The molecule has 4 aromatic rings. The number of hydrogen-bond donors (Lipinski definition) is 1. The summed E-state index contributed by atoms with van der Waals surface area (Å²) < 4.78 is 31.3. The summed E-state index contributed by atoms with van der Waals surface area (Å²) >= 11 is 6.02. The molecule has 0 saturated heterocycles. The van der Waals surface area contributed by atoms with E-state index in [4.69, 9.17) is 25.8 Å². The van der Waals surface area contributed by atoms with Crippen molar-refractivity contribution in [2.45, 2.75) is 0 Å². The van der Waals surface area contributed by atoms with Crippen LogP contribution >= 0.6 is 11.6 Å². The van der Waals surface area contributed by atoms with Crippen LogP contribution in [0.25, 0.3) is 16.9 Å². The molecule has 5 rings (SSSR count). The van der Waals surface area contributed by atoms with Gasteiger partial charge in [0, 0.05) is 31.0 Å². The molecule has 39 heavy (non-hydrogen) atoms. The van der Waals surface area contributed by atoms with Crippen LogP contribution in [0.4, 0.5) is 10.3 Å². The predicted octanol–water partition coefficient (Wildman–Crippen LogP) is 4.79. The SMILES string of the molecule is COCCN(CC(=O)Nc1nc(-c2ccccc2)cn1-c1ccc(F)c(Cl)c1)C(=O)c1ccc2c(c1)OCO2. The van der Waals surface area contributed by atoms with E-state index in [1.165, 1.54) is 30.2 Å². The number of benzene rings is 3. The molecule has 0 aliphatic carbocycles. The average Bonchev–Trinajstić information content (AvgIpc) is 3.59. The summed E-state index contributed by atoms with van der Waals surface area (Å²) in [5.74, 6) is -0.229. The molecule has 0 unspecified atom stereocenters. The van der Waals surface area contributed by atoms with Crippen LogP contribution < -0.4 is 14.8 Å². The van der Waals surface area contributed by atoms with Gasteiger partial charge in [0.2, 0.25) is 18.6 Å². The van der Waals surface area contributed by atoms with E-state index in [9.17, 15) is 14.0 Å². The molecule has 9 nitrogen and oxygen atoms in total. The smallest absolute Gasteiger partial charge is 0.254 e. The lowest BCUT2D eigenvalue weighted by Gasteiger charge is -2.22. The molecule has 0 atom stereocenters. The van der Waals surface area contributed by atoms with Crippen molar-refractivity contribution in [3.05, 3.63) is 89.3 Å². The number of carbonyl (C=O) groups is 2. The molecular formula is C28H24ClFN4O5. The Kier molecular flexibility index (Phi) is 7.76. The maximum Gasteiger partial charge on any atom is 0.254 e. The minimum absolute atomic E-state index is 0.0696. The van der Waals surface area contributed by atoms with Crippen molar-refractivity contribution in [3.8, 4) is 28.4 Å². The summed E-state index contributed by atoms with van der Waals surface area (Å²) in [5.41, 5.74) is 2.25. The molecule has 3 aromatic carbocycles. The molecule has 0 spiro atoms. The fourth-order valence-electron chi connectivity index (χ4n) is 4.05. The van der Waals surface area contributed by atoms with Gasteiger partial charge in [0.15, 0.2) is 11.5 Å². The standard InChI is InChI=1S/C28H24ClFN4O5/c1-37-12-11-33(27(36)19-7-10-24-25(13-19)39-17-38-24)16-26(35)32-28-31-23(18-5-3-2-4-6-18)15-34(28)20-8-9-22(30)21(29)14-20/h2-10,13-15H,11-12,16-17H2,1H3,(H,31,32,35). The van der Waals surface area contributed by atoms with Crippen molar-refractivity contribution in [2.24, 2.45) is 0 Å². The zero-order valence-electron chi connectivity index (χ0n) is 20.9. The highest BCUT2D eigenvalue weighted by molar-refractivity contribution is 6.30. The highest BCUT2D eigenvalue weighted by Crippen LogP contribution is 2.33. The van der Waals surface area contributed by atoms with Crippen molar-refractivity contribution < 1.29 is 28.2 Å². The molecule has 1 aliphatic rings. The molecule has 0 saturated carbocycles. The van der Waals surface area contributed by atoms with E-state index in [1.807, 2.05) is 30.3 Å². The van der Waals surface area contributed by atoms with Gasteiger partial charge >= 0.3 is 0 Å². The van der Waals surface area contributed by atoms with Crippen molar-refractivity contribution in [3.63, 3.8) is 0 Å². The van der Waals surface area contributed by atoms with Gasteiger partial charge in [0.25, 0.3) is 5.91 Å². The van der Waals surface area contributed by atoms with Gasteiger partial charge in [0.05, 0.1) is 23.0 Å². The van der Waals surface area contributed by atoms with Crippen LogP contribution in [-0.4, -0.2) is 59.9 Å². The van der Waals surface area contributed by atoms with Gasteiger partial charge in [-0.2, -0.15) is 0 Å². The largest absolute Gasteiger partial charge is 0.454 e. The minimum Gasteiger partial charge on any atom is -0.454 e. The number of nitrogens with zero attached hydrogens (tertiary/aromatic N) is 3. The van der Waals surface area contributed by atoms with Gasteiger partial charge in [-0.1, -0.05) is 41.9 Å². The van der Waals surface area contributed by atoms with Crippen LogP contribution in [0.3, 0.4) is 0 Å². The maximum atomic E-state index is 13.8. The molecule has 2 amide bonds. The third-order valence-corrected chi connectivity index (χ3v) is 6.30. The van der Waals surface area contributed by atoms with Gasteiger partial charge in [-0.25, -0.2) is 9.37 Å². The van der Waals surface area contributed by atoms with Crippen LogP contribution in [0.2, 0.25) is 5.02 Å². The summed E-state index contributed by atoms with van der Waals surface area (Å²) in [6.07, 6.45) is 1.72. The second-order valence-corrected chi connectivity index (χ2v) is 9.03. The molecule has 1 aromatic heterocycles. The number of ether oxygens (including phenoxy) is 3. The summed E-state index contributed by atoms with van der Waals surface area (Å²) in [7, 11) is 1.51. The number of fused-ring (bicyclic) bond motifs is 1. The lowest BCUT2D eigenvalue weighted by atomic mass is 10.1. The summed E-state index contributed by atoms with van der Waals surface area (Å²) in [5, 5.41) is 2.72. The number of imidazole rings is 1. The number of hydrogen-bond acceptors (Lipinski definition) is 6. The number of aromatic nitrogens is 2. The Morgan fingerprint density at radius 2 is 1.90 bits per heavy atom. The topological polar surface area (TPSA) is 94.9 Å². The van der Waals surface area contributed by atoms with E-state index < -0.39 is 11.7 Å². The van der Waals surface area contributed by atoms with E-state index in [0.717, 1.165) is 5.56 Å². The van der Waals surface area contributed by atoms with E-state index in [2.05, 4.69) is 10.3 Å². The molecular weight excluding hydrogens is 527 g/mol. The number of halogens is 2. The summed E-state index contributed by atoms with van der Waals surface area (Å²) in [6.45, 7) is 0.215. The van der Waals surface area contributed by atoms with Crippen LogP contribution in [0.15, 0.2) is 72.9 Å². The van der Waals surface area contributed by atoms with E-state index >= 15 is 0 Å². The van der Waals surface area contributed by atoms with Crippen LogP contribution in [-0.2, 0) is 9.53 Å². The highest BCUT2D eigenvalue weighted by atomic mass is 35.5. The number of carbonyl (C=O) groups excluding carboxylic acids is 2. The first-order valence-electron chi connectivity index (χ1n) is 12.0. The minimum atomic E-state index is -0.565. The monoisotopic (exact) mass is 550 g/mol. The van der Waals surface area contributed by atoms with E-state index in [0.29, 0.717) is 28.4 Å². The Morgan fingerprint density at radius 1 is 1.10 bits per heavy atom. The van der Waals surface area contributed by atoms with Crippen molar-refractivity contribution in [1.82, 2.24) is 14.5 Å². The lowest BCUT2D eigenvalue weighted by Crippen LogP contribution is -2.40. The van der Waals surface area contributed by atoms with E-state index in [1.54, 1.807) is 29.0 Å². The number of rotatable bonds is 9. The Bertz CT molecular complexity index is 1510. The molecule has 2 heterocycles. The van der Waals surface area contributed by atoms with Gasteiger partial charge in [-0.05, 0) is 36.4 Å². The Labute approximate surface area is 228 Å². The maximum absolute atomic E-state index is 13.8. The first-order valence-corrected chi connectivity index (χ1v) is 12.4. The Morgan fingerprint density at radius 3 is 2.67 bits per heavy atom. The molecule has 200 valence electrons. The normalized spacial score (nSPS) is 11.9. The van der Waals surface area contributed by atoms with Crippen molar-refractivity contribution in [2.75, 3.05) is 38.9 Å². The fraction of sp³-hybridized carbons (Fsp3) is 0.179. The van der Waals surface area contributed by atoms with Gasteiger partial charge in [-0.3, -0.25) is 19.5 Å². The average molecular weight is 551 g/mol. The number of nitrogens with one attached hydrogen (secondary N) is 1. The first kappa shape index (κ1) is 26.2. The van der Waals surface area contributed by atoms with E-state index in [-0.39, 0.29) is 43.4 Å². The summed E-state index contributed by atoms with van der Waals surface area (Å²) in [6, 6.07) is 18.4. The second-order valence-electron chi connectivity index (χ2n) is 8.62. The molecule has 1 N–H and O–H groups in total. The van der Waals surface area contributed by atoms with Crippen LogP contribution in [0.1, 0.15) is 10.4 Å². The van der Waals surface area contributed by atoms with Gasteiger partial charge < -0.3 is 19.1 Å². The zero-order valence-corrected chi connectivity index (χ0v) is 21.7. The third-order valence-electron chi connectivity index (χ3n) is 6.01. The third kappa shape index (κ3) is 5.87. The van der Waals surface area contributed by atoms with Gasteiger partial charge in [-0.15, -0.1) is 0 Å². The van der Waals surface area contributed by atoms with Crippen LogP contribution in [0.5, 0.6) is 11.5 Å². The highest BCUT2D eigenvalue weighted by Gasteiger charge is 2.23. The van der Waals surface area contributed by atoms with Crippen molar-refractivity contribution in [1.29, 1.82) is 0 Å². The zero-order chi connectivity index (χ0) is 27.4. The molecule has 0 bridgehead atoms. The molecule has 1 aliphatic heterocycles. The summed E-state index contributed by atoms with van der Waals surface area (Å²) in [4.78, 5) is 32.5. The Balaban J connectivity index is 1.41. The van der Waals surface area contributed by atoms with Crippen molar-refractivity contribution >= 4 is 29.4 Å². The quantitative estimate of drug-likeness (QED) is 0.322. The molecule has 11 heteroatoms. The first-order chi connectivity index (χ1) is 18.9. The lowest BCUT2D eigenvalue weighted by molar-refractivity contribution is -0.117. The number of methoxy groups -OCH3 is 1. The number of amides is 2. The fourth-order valence-corrected chi connectivity index (χ4v) is 4.23. The Hall–Kier alpha value is -4.41. The molecule has 0 fully saturated rings. The predicted molar refractivity (Wildman–Crippen MR) is 143 cm³/mol.